The minimum atomic E-state index is -0.354. The van der Waals surface area contributed by atoms with E-state index < -0.39 is 0 Å². The number of pyridine rings is 1. The van der Waals surface area contributed by atoms with Crippen LogP contribution in [0.15, 0.2) is 60.8 Å². The molecule has 3 rings (SSSR count). The highest BCUT2D eigenvalue weighted by Gasteiger charge is 2.14. The number of aromatic nitrogens is 1. The molecule has 0 amide bonds. The van der Waals surface area contributed by atoms with E-state index >= 15 is 0 Å². The quantitative estimate of drug-likeness (QED) is 0.626. The first-order chi connectivity index (χ1) is 12.6. The Morgan fingerprint density at radius 1 is 1.00 bits per heavy atom. The van der Waals surface area contributed by atoms with Crippen molar-refractivity contribution >= 4 is 5.97 Å². The van der Waals surface area contributed by atoms with Gasteiger partial charge in [-0.05, 0) is 54.3 Å². The van der Waals surface area contributed by atoms with Crippen LogP contribution in [0.1, 0.15) is 27.2 Å². The molecule has 0 aliphatic carbocycles. The molecule has 0 bridgehead atoms. The van der Waals surface area contributed by atoms with E-state index in [1.807, 2.05) is 62.4 Å². The third-order valence-corrected chi connectivity index (χ3v) is 4.31. The van der Waals surface area contributed by atoms with Gasteiger partial charge in [0.05, 0.1) is 18.4 Å². The second-order valence-electron chi connectivity index (χ2n) is 6.07. The summed E-state index contributed by atoms with van der Waals surface area (Å²) in [5.41, 5.74) is 5.29. The van der Waals surface area contributed by atoms with Gasteiger partial charge in [0, 0.05) is 6.20 Å². The Labute approximate surface area is 153 Å². The number of carbonyl (C=O) groups is 1. The number of benzene rings is 2. The highest BCUT2D eigenvalue weighted by Crippen LogP contribution is 2.30. The van der Waals surface area contributed by atoms with E-state index in [-0.39, 0.29) is 5.97 Å². The lowest BCUT2D eigenvalue weighted by molar-refractivity contribution is 0.0601. The molecule has 4 nitrogen and oxygen atoms in total. The summed E-state index contributed by atoms with van der Waals surface area (Å²) in [5, 5.41) is 0. The molecule has 1 aromatic heterocycles. The van der Waals surface area contributed by atoms with Crippen LogP contribution in [0.4, 0.5) is 0 Å². The molecule has 2 aromatic carbocycles. The van der Waals surface area contributed by atoms with Crippen LogP contribution in [0.25, 0.3) is 11.1 Å². The zero-order valence-electron chi connectivity index (χ0n) is 15.2. The average molecular weight is 347 g/mol. The van der Waals surface area contributed by atoms with Gasteiger partial charge in [-0.2, -0.15) is 0 Å². The van der Waals surface area contributed by atoms with Crippen LogP contribution in [0, 0.1) is 13.8 Å². The highest BCUT2D eigenvalue weighted by molar-refractivity contribution is 5.97. The van der Waals surface area contributed by atoms with E-state index in [1.54, 1.807) is 12.3 Å². The van der Waals surface area contributed by atoms with E-state index in [4.69, 9.17) is 9.47 Å². The Morgan fingerprint density at radius 2 is 1.81 bits per heavy atom. The van der Waals surface area contributed by atoms with E-state index in [0.29, 0.717) is 12.2 Å². The Bertz CT molecular complexity index is 934. The molecule has 0 N–H and O–H groups in total. The molecule has 1 heterocycles. The fourth-order valence-electron chi connectivity index (χ4n) is 2.76. The smallest absolute Gasteiger partial charge is 0.338 e. The Balaban J connectivity index is 1.91. The predicted octanol–water partition coefficient (Wildman–Crippen LogP) is 4.73. The normalized spacial score (nSPS) is 10.4. The average Bonchev–Trinajstić information content (AvgIpc) is 2.68. The molecule has 3 aromatic rings. The number of hydrogen-bond donors (Lipinski definition) is 0. The van der Waals surface area contributed by atoms with Gasteiger partial charge in [0.15, 0.2) is 0 Å². The number of rotatable bonds is 5. The number of nitrogens with zero attached hydrogens (tertiary/aromatic N) is 1. The summed E-state index contributed by atoms with van der Waals surface area (Å²) in [5.74, 6) is 0.417. The minimum Gasteiger partial charge on any atom is -0.487 e. The monoisotopic (exact) mass is 347 g/mol. The van der Waals surface area contributed by atoms with E-state index in [9.17, 15) is 4.79 Å². The Hall–Kier alpha value is -3.14. The van der Waals surface area contributed by atoms with Crippen molar-refractivity contribution in [3.63, 3.8) is 0 Å². The zero-order valence-corrected chi connectivity index (χ0v) is 15.2. The van der Waals surface area contributed by atoms with Crippen molar-refractivity contribution in [2.24, 2.45) is 0 Å². The van der Waals surface area contributed by atoms with Crippen molar-refractivity contribution in [1.29, 1.82) is 0 Å². The molecule has 0 aliphatic heterocycles. The number of esters is 1. The summed E-state index contributed by atoms with van der Waals surface area (Å²) in [4.78, 5) is 16.4. The summed E-state index contributed by atoms with van der Waals surface area (Å²) in [7, 11) is 1.39. The zero-order chi connectivity index (χ0) is 18.5. The Kier molecular flexibility index (Phi) is 5.32. The van der Waals surface area contributed by atoms with Crippen LogP contribution in [-0.4, -0.2) is 18.1 Å². The van der Waals surface area contributed by atoms with Crippen LogP contribution in [0.5, 0.6) is 5.75 Å². The molecule has 0 radical (unpaired) electrons. The molecular weight excluding hydrogens is 326 g/mol. The third-order valence-electron chi connectivity index (χ3n) is 4.31. The fourth-order valence-corrected chi connectivity index (χ4v) is 2.76. The molecule has 0 spiro atoms. The maximum atomic E-state index is 12.0. The van der Waals surface area contributed by atoms with Gasteiger partial charge in [0.1, 0.15) is 12.4 Å². The maximum Gasteiger partial charge on any atom is 0.338 e. The van der Waals surface area contributed by atoms with Crippen LogP contribution in [-0.2, 0) is 11.3 Å². The van der Waals surface area contributed by atoms with Gasteiger partial charge in [0.25, 0.3) is 0 Å². The third kappa shape index (κ3) is 3.75. The van der Waals surface area contributed by atoms with Crippen molar-refractivity contribution in [3.05, 3.63) is 83.2 Å². The van der Waals surface area contributed by atoms with Crippen molar-refractivity contribution in [1.82, 2.24) is 4.98 Å². The largest absolute Gasteiger partial charge is 0.487 e. The summed E-state index contributed by atoms with van der Waals surface area (Å²) in [6.45, 7) is 4.41. The lowest BCUT2D eigenvalue weighted by Gasteiger charge is -2.13. The van der Waals surface area contributed by atoms with Crippen molar-refractivity contribution in [2.75, 3.05) is 7.11 Å². The van der Waals surface area contributed by atoms with Crippen molar-refractivity contribution in [3.8, 4) is 16.9 Å². The van der Waals surface area contributed by atoms with Gasteiger partial charge in [-0.25, -0.2) is 4.79 Å². The van der Waals surface area contributed by atoms with Crippen LogP contribution >= 0.6 is 0 Å². The first-order valence-electron chi connectivity index (χ1n) is 8.42. The van der Waals surface area contributed by atoms with Gasteiger partial charge in [0.2, 0.25) is 0 Å². The standard InChI is InChI=1S/C22H21NO3/c1-15-7-6-12-23-20(15)14-26-21-13-17(11-10-16(21)2)18-8-4-5-9-19(18)22(24)25-3/h4-13H,14H2,1-3H3. The summed E-state index contributed by atoms with van der Waals surface area (Å²) >= 11 is 0. The van der Waals surface area contributed by atoms with Gasteiger partial charge in [-0.15, -0.1) is 0 Å². The predicted molar refractivity (Wildman–Crippen MR) is 101 cm³/mol. The summed E-state index contributed by atoms with van der Waals surface area (Å²) in [6.07, 6.45) is 1.77. The van der Waals surface area contributed by atoms with Gasteiger partial charge < -0.3 is 9.47 Å². The topological polar surface area (TPSA) is 48.4 Å². The van der Waals surface area contributed by atoms with E-state index in [0.717, 1.165) is 33.7 Å². The second kappa shape index (κ2) is 7.83. The number of methoxy groups -OCH3 is 1. The van der Waals surface area contributed by atoms with Crippen molar-refractivity contribution < 1.29 is 14.3 Å². The van der Waals surface area contributed by atoms with E-state index in [1.165, 1.54) is 7.11 Å². The van der Waals surface area contributed by atoms with Gasteiger partial charge >= 0.3 is 5.97 Å². The van der Waals surface area contributed by atoms with Crippen molar-refractivity contribution in [2.45, 2.75) is 20.5 Å². The number of aryl methyl sites for hydroxylation is 2. The molecule has 0 fully saturated rings. The number of ether oxygens (including phenoxy) is 2. The lowest BCUT2D eigenvalue weighted by Crippen LogP contribution is -2.04. The molecule has 0 saturated heterocycles. The first-order valence-corrected chi connectivity index (χ1v) is 8.42. The highest BCUT2D eigenvalue weighted by atomic mass is 16.5. The number of hydrogen-bond acceptors (Lipinski definition) is 4. The summed E-state index contributed by atoms with van der Waals surface area (Å²) < 4.78 is 10.9. The van der Waals surface area contributed by atoms with E-state index in [2.05, 4.69) is 4.98 Å². The Morgan fingerprint density at radius 3 is 2.58 bits per heavy atom. The minimum absolute atomic E-state index is 0.354. The van der Waals surface area contributed by atoms with Gasteiger partial charge in [-0.1, -0.05) is 36.4 Å². The molecule has 0 aliphatic rings. The molecule has 0 unspecified atom stereocenters. The maximum absolute atomic E-state index is 12.0. The molecule has 0 saturated carbocycles. The van der Waals surface area contributed by atoms with Crippen LogP contribution < -0.4 is 4.74 Å². The fraction of sp³-hybridized carbons (Fsp3) is 0.182. The number of carbonyl (C=O) groups excluding carboxylic acids is 1. The van der Waals surface area contributed by atoms with Gasteiger partial charge in [-0.3, -0.25) is 4.98 Å². The molecule has 26 heavy (non-hydrogen) atoms. The van der Waals surface area contributed by atoms with Crippen LogP contribution in [0.2, 0.25) is 0 Å². The lowest BCUT2D eigenvalue weighted by atomic mass is 9.98. The van der Waals surface area contributed by atoms with Crippen LogP contribution in [0.3, 0.4) is 0 Å². The molecule has 0 atom stereocenters. The first kappa shape index (κ1) is 17.7. The molecule has 4 heteroatoms. The molecule has 132 valence electrons. The molecular formula is C22H21NO3. The summed E-state index contributed by atoms with van der Waals surface area (Å²) in [6, 6.07) is 17.2. The SMILES string of the molecule is COC(=O)c1ccccc1-c1ccc(C)c(OCc2ncccc2C)c1. The second-order valence-corrected chi connectivity index (χ2v) is 6.07.